The van der Waals surface area contributed by atoms with Crippen LogP contribution in [-0.4, -0.2) is 37.2 Å². The van der Waals surface area contributed by atoms with Gasteiger partial charge in [-0.15, -0.1) is 0 Å². The van der Waals surface area contributed by atoms with Crippen molar-refractivity contribution in [1.29, 1.82) is 0 Å². The molecule has 0 saturated heterocycles. The zero-order valence-electron chi connectivity index (χ0n) is 12.7. The molecule has 112 valence electrons. The Kier molecular flexibility index (Phi) is 7.84. The highest BCUT2D eigenvalue weighted by Gasteiger charge is 2.44. The summed E-state index contributed by atoms with van der Waals surface area (Å²) in [6.45, 7) is 5.56. The number of methoxy groups -OCH3 is 1. The van der Waals surface area contributed by atoms with Crippen molar-refractivity contribution in [3.8, 4) is 0 Å². The highest BCUT2D eigenvalue weighted by Crippen LogP contribution is 2.51. The van der Waals surface area contributed by atoms with Gasteiger partial charge in [0.2, 0.25) is 0 Å². The largest absolute Gasteiger partial charge is 0.469 e. The van der Waals surface area contributed by atoms with Crippen molar-refractivity contribution < 1.29 is 9.53 Å². The van der Waals surface area contributed by atoms with Crippen molar-refractivity contribution in [3.63, 3.8) is 0 Å². The van der Waals surface area contributed by atoms with Crippen LogP contribution in [0.5, 0.6) is 0 Å². The lowest BCUT2D eigenvalue weighted by Crippen LogP contribution is -2.32. The summed E-state index contributed by atoms with van der Waals surface area (Å²) >= 11 is 2.00. The Morgan fingerprint density at radius 1 is 1.37 bits per heavy atom. The summed E-state index contributed by atoms with van der Waals surface area (Å²) in [4.78, 5) is 11.4. The van der Waals surface area contributed by atoms with Crippen LogP contribution in [0.25, 0.3) is 0 Å². The van der Waals surface area contributed by atoms with Crippen LogP contribution in [0.2, 0.25) is 0 Å². The normalized spacial score (nSPS) is 18.1. The molecule has 1 atom stereocenters. The van der Waals surface area contributed by atoms with E-state index < -0.39 is 0 Å². The van der Waals surface area contributed by atoms with Crippen molar-refractivity contribution in [1.82, 2.24) is 5.32 Å². The lowest BCUT2D eigenvalue weighted by molar-refractivity contribution is -0.141. The number of thioether (sulfide) groups is 1. The van der Waals surface area contributed by atoms with E-state index in [1.54, 1.807) is 0 Å². The average molecular weight is 287 g/mol. The Balaban J connectivity index is 2.21. The van der Waals surface area contributed by atoms with Gasteiger partial charge < -0.3 is 10.1 Å². The topological polar surface area (TPSA) is 38.3 Å². The molecule has 0 radical (unpaired) electrons. The first-order valence-electron chi connectivity index (χ1n) is 7.53. The predicted octanol–water partition coefficient (Wildman–Crippen LogP) is 3.23. The molecular formula is C15H29NO2S. The number of esters is 1. The van der Waals surface area contributed by atoms with E-state index in [0.29, 0.717) is 12.5 Å². The van der Waals surface area contributed by atoms with Gasteiger partial charge >= 0.3 is 5.97 Å². The molecule has 0 aliphatic heterocycles. The minimum Gasteiger partial charge on any atom is -0.469 e. The van der Waals surface area contributed by atoms with Crippen LogP contribution >= 0.6 is 11.8 Å². The van der Waals surface area contributed by atoms with E-state index in [0.717, 1.165) is 18.1 Å². The van der Waals surface area contributed by atoms with Crippen LogP contribution in [0.3, 0.4) is 0 Å². The summed E-state index contributed by atoms with van der Waals surface area (Å²) in [5.74, 6) is 2.22. The fraction of sp³-hybridized carbons (Fsp3) is 0.933. The van der Waals surface area contributed by atoms with Crippen LogP contribution in [0.15, 0.2) is 0 Å². The Labute approximate surface area is 122 Å². The third-order valence-electron chi connectivity index (χ3n) is 3.75. The molecule has 1 N–H and O–H groups in total. The van der Waals surface area contributed by atoms with Crippen molar-refractivity contribution in [2.75, 3.05) is 25.2 Å². The lowest BCUT2D eigenvalue weighted by Gasteiger charge is -2.19. The number of ether oxygens (including phenoxy) is 1. The summed E-state index contributed by atoms with van der Waals surface area (Å²) < 4.78 is 4.78. The molecule has 0 spiro atoms. The van der Waals surface area contributed by atoms with Gasteiger partial charge in [0, 0.05) is 11.8 Å². The molecular weight excluding hydrogens is 258 g/mol. The standard InChI is InChI=1S/C15H29NO2S/c1-4-6-13(16-9-5-2)11-19-12-15(7-8-15)10-14(17)18-3/h13,16H,4-12H2,1-3H3. The first-order valence-corrected chi connectivity index (χ1v) is 8.69. The molecule has 3 nitrogen and oxygen atoms in total. The smallest absolute Gasteiger partial charge is 0.306 e. The minimum absolute atomic E-state index is 0.0488. The van der Waals surface area contributed by atoms with Gasteiger partial charge in [0.25, 0.3) is 0 Å². The molecule has 4 heteroatoms. The van der Waals surface area contributed by atoms with E-state index >= 15 is 0 Å². The summed E-state index contributed by atoms with van der Waals surface area (Å²) in [5.41, 5.74) is 0.263. The molecule has 0 aromatic carbocycles. The van der Waals surface area contributed by atoms with Crippen LogP contribution < -0.4 is 5.32 Å². The maximum Gasteiger partial charge on any atom is 0.306 e. The second-order valence-electron chi connectivity index (χ2n) is 5.71. The van der Waals surface area contributed by atoms with E-state index in [4.69, 9.17) is 4.74 Å². The quantitative estimate of drug-likeness (QED) is 0.592. The Bertz CT molecular complexity index is 267. The van der Waals surface area contributed by atoms with Gasteiger partial charge in [-0.2, -0.15) is 11.8 Å². The monoisotopic (exact) mass is 287 g/mol. The van der Waals surface area contributed by atoms with Gasteiger partial charge in [-0.1, -0.05) is 20.3 Å². The third kappa shape index (κ3) is 6.66. The maximum atomic E-state index is 11.4. The molecule has 0 heterocycles. The number of nitrogens with one attached hydrogen (secondary N) is 1. The van der Waals surface area contributed by atoms with Gasteiger partial charge in [-0.05, 0) is 43.4 Å². The number of carbonyl (C=O) groups is 1. The van der Waals surface area contributed by atoms with Crippen LogP contribution in [-0.2, 0) is 9.53 Å². The zero-order valence-corrected chi connectivity index (χ0v) is 13.5. The Morgan fingerprint density at radius 3 is 2.63 bits per heavy atom. The molecule has 1 fully saturated rings. The predicted molar refractivity (Wildman–Crippen MR) is 82.6 cm³/mol. The first kappa shape index (κ1) is 16.8. The molecule has 0 aromatic rings. The van der Waals surface area contributed by atoms with Crippen LogP contribution in [0.4, 0.5) is 0 Å². The van der Waals surface area contributed by atoms with Gasteiger partial charge in [-0.3, -0.25) is 4.79 Å². The maximum absolute atomic E-state index is 11.4. The Hall–Kier alpha value is -0.220. The van der Waals surface area contributed by atoms with Crippen molar-refractivity contribution in [2.45, 2.75) is 58.4 Å². The summed E-state index contributed by atoms with van der Waals surface area (Å²) in [5, 5.41) is 3.62. The molecule has 0 amide bonds. The lowest BCUT2D eigenvalue weighted by atomic mass is 10.1. The number of hydrogen-bond donors (Lipinski definition) is 1. The SMILES string of the molecule is CCCNC(CCC)CSCC1(CC(=O)OC)CC1. The molecule has 0 bridgehead atoms. The summed E-state index contributed by atoms with van der Waals surface area (Å²) in [6, 6.07) is 0.629. The van der Waals surface area contributed by atoms with E-state index in [2.05, 4.69) is 19.2 Å². The molecule has 0 aromatic heterocycles. The van der Waals surface area contributed by atoms with E-state index in [-0.39, 0.29) is 11.4 Å². The summed E-state index contributed by atoms with van der Waals surface area (Å²) in [7, 11) is 1.48. The molecule has 1 aliphatic rings. The van der Waals surface area contributed by atoms with Crippen molar-refractivity contribution >= 4 is 17.7 Å². The zero-order chi connectivity index (χ0) is 14.1. The highest BCUT2D eigenvalue weighted by molar-refractivity contribution is 7.99. The first-order chi connectivity index (χ1) is 9.15. The fourth-order valence-corrected chi connectivity index (χ4v) is 3.80. The number of hydrogen-bond acceptors (Lipinski definition) is 4. The van der Waals surface area contributed by atoms with Gasteiger partial charge in [0.05, 0.1) is 13.5 Å². The van der Waals surface area contributed by atoms with Gasteiger partial charge in [-0.25, -0.2) is 0 Å². The molecule has 1 unspecified atom stereocenters. The highest BCUT2D eigenvalue weighted by atomic mass is 32.2. The fourth-order valence-electron chi connectivity index (χ4n) is 2.29. The number of rotatable bonds is 11. The number of carbonyl (C=O) groups excluding carboxylic acids is 1. The van der Waals surface area contributed by atoms with Crippen LogP contribution in [0, 0.1) is 5.41 Å². The van der Waals surface area contributed by atoms with Gasteiger partial charge in [0.15, 0.2) is 0 Å². The van der Waals surface area contributed by atoms with E-state index in [1.165, 1.54) is 39.2 Å². The second-order valence-corrected chi connectivity index (χ2v) is 6.74. The third-order valence-corrected chi connectivity index (χ3v) is 5.21. The van der Waals surface area contributed by atoms with Crippen molar-refractivity contribution in [3.05, 3.63) is 0 Å². The minimum atomic E-state index is -0.0488. The van der Waals surface area contributed by atoms with Gasteiger partial charge in [0.1, 0.15) is 0 Å². The molecule has 1 rings (SSSR count). The van der Waals surface area contributed by atoms with Crippen LogP contribution in [0.1, 0.15) is 52.4 Å². The molecule has 1 aliphatic carbocycles. The average Bonchev–Trinajstić information content (AvgIpc) is 3.15. The Morgan fingerprint density at radius 2 is 2.11 bits per heavy atom. The molecule has 1 saturated carbocycles. The molecule has 19 heavy (non-hydrogen) atoms. The van der Waals surface area contributed by atoms with Crippen molar-refractivity contribution in [2.24, 2.45) is 5.41 Å². The van der Waals surface area contributed by atoms with E-state index in [1.807, 2.05) is 11.8 Å². The second kappa shape index (κ2) is 8.85. The summed E-state index contributed by atoms with van der Waals surface area (Å²) in [6.07, 6.45) is 6.66. The van der Waals surface area contributed by atoms with E-state index in [9.17, 15) is 4.79 Å².